The van der Waals surface area contributed by atoms with Crippen LogP contribution in [0.15, 0.2) is 102 Å². The summed E-state index contributed by atoms with van der Waals surface area (Å²) in [6.45, 7) is 2.00. The van der Waals surface area contributed by atoms with Crippen LogP contribution in [0, 0.1) is 0 Å². The first-order chi connectivity index (χ1) is 19.0. The van der Waals surface area contributed by atoms with Gasteiger partial charge in [-0.25, -0.2) is 4.79 Å². The lowest BCUT2D eigenvalue weighted by Gasteiger charge is -2.49. The summed E-state index contributed by atoms with van der Waals surface area (Å²) in [6, 6.07) is 26.5. The maximum atomic E-state index is 13.6. The van der Waals surface area contributed by atoms with Gasteiger partial charge in [0.15, 0.2) is 6.10 Å². The van der Waals surface area contributed by atoms with E-state index >= 15 is 0 Å². The van der Waals surface area contributed by atoms with Crippen molar-refractivity contribution in [3.05, 3.63) is 119 Å². The van der Waals surface area contributed by atoms with Crippen molar-refractivity contribution in [1.82, 2.24) is 10.2 Å². The molecule has 0 aliphatic carbocycles. The molecule has 2 aliphatic heterocycles. The van der Waals surface area contributed by atoms with Crippen molar-refractivity contribution in [3.63, 3.8) is 0 Å². The Morgan fingerprint density at radius 3 is 2.00 bits per heavy atom. The second-order valence-electron chi connectivity index (χ2n) is 9.15. The highest BCUT2D eigenvalue weighted by atomic mass is 32.2. The molecule has 0 radical (unpaired) electrons. The van der Waals surface area contributed by atoms with Crippen LogP contribution in [-0.4, -0.2) is 46.3 Å². The number of rotatable bonds is 9. The predicted octanol–water partition coefficient (Wildman–Crippen LogP) is 3.91. The molecule has 3 atom stereocenters. The van der Waals surface area contributed by atoms with Crippen LogP contribution < -0.4 is 5.32 Å². The lowest BCUT2D eigenvalue weighted by atomic mass is 10.0. The summed E-state index contributed by atoms with van der Waals surface area (Å²) in [6.07, 6.45) is -1.86. The third-order valence-electron chi connectivity index (χ3n) is 6.61. The number of carbonyl (C=O) groups excluding carboxylic acids is 4. The van der Waals surface area contributed by atoms with E-state index in [4.69, 9.17) is 9.47 Å². The van der Waals surface area contributed by atoms with Crippen molar-refractivity contribution in [3.8, 4) is 0 Å². The number of hydrogen-bond acceptors (Lipinski definition) is 7. The van der Waals surface area contributed by atoms with E-state index in [9.17, 15) is 19.2 Å². The zero-order valence-corrected chi connectivity index (χ0v) is 21.9. The summed E-state index contributed by atoms with van der Waals surface area (Å²) < 4.78 is 11.1. The van der Waals surface area contributed by atoms with Gasteiger partial charge < -0.3 is 14.8 Å². The zero-order chi connectivity index (χ0) is 27.4. The Kier molecular flexibility index (Phi) is 7.79. The minimum atomic E-state index is -1.20. The van der Waals surface area contributed by atoms with Crippen LogP contribution in [0.3, 0.4) is 0 Å². The van der Waals surface area contributed by atoms with Crippen LogP contribution in [0.2, 0.25) is 0 Å². The Morgan fingerprint density at radius 1 is 0.923 bits per heavy atom. The Bertz CT molecular complexity index is 1360. The number of carbonyl (C=O) groups is 4. The van der Waals surface area contributed by atoms with Gasteiger partial charge in [-0.15, -0.1) is 11.8 Å². The molecule has 2 amide bonds. The van der Waals surface area contributed by atoms with Crippen molar-refractivity contribution < 1.29 is 28.7 Å². The second kappa shape index (κ2) is 11.6. The molecule has 3 aromatic carbocycles. The van der Waals surface area contributed by atoms with Crippen LogP contribution in [0.25, 0.3) is 0 Å². The third kappa shape index (κ3) is 5.31. The molecule has 1 unspecified atom stereocenters. The van der Waals surface area contributed by atoms with Crippen molar-refractivity contribution >= 4 is 36.0 Å². The highest BCUT2D eigenvalue weighted by molar-refractivity contribution is 8.00. The highest BCUT2D eigenvalue weighted by Crippen LogP contribution is 2.41. The lowest BCUT2D eigenvalue weighted by molar-refractivity contribution is -0.156. The molecule has 9 heteroatoms. The molecule has 0 aromatic heterocycles. The van der Waals surface area contributed by atoms with Gasteiger partial charge in [-0.2, -0.15) is 0 Å². The maximum absolute atomic E-state index is 13.6. The molecule has 0 bridgehead atoms. The molecule has 3 aromatic rings. The molecular formula is C30H26N2O6S. The van der Waals surface area contributed by atoms with Crippen molar-refractivity contribution in [1.29, 1.82) is 0 Å². The van der Waals surface area contributed by atoms with E-state index in [0.717, 1.165) is 11.1 Å². The fraction of sp³-hybridized carbons (Fsp3) is 0.200. The molecule has 1 saturated heterocycles. The average Bonchev–Trinajstić information content (AvgIpc) is 2.98. The number of nitrogens with zero attached hydrogens (tertiary/aromatic N) is 1. The number of β-lactam (4-membered cyclic amide) rings is 1. The number of esters is 1. The number of fused-ring (bicyclic) bond motifs is 1. The topological polar surface area (TPSA) is 102 Å². The highest BCUT2D eigenvalue weighted by Gasteiger charge is 2.54. The van der Waals surface area contributed by atoms with Crippen LogP contribution in [0.4, 0.5) is 0 Å². The number of ether oxygens (including phenoxy) is 2. The summed E-state index contributed by atoms with van der Waals surface area (Å²) in [5, 5.41) is 2.21. The molecule has 0 spiro atoms. The fourth-order valence-corrected chi connectivity index (χ4v) is 6.01. The fourth-order valence-electron chi connectivity index (χ4n) is 4.71. The maximum Gasteiger partial charge on any atom is 0.356 e. The molecule has 0 saturated carbocycles. The predicted molar refractivity (Wildman–Crippen MR) is 145 cm³/mol. The lowest BCUT2D eigenvalue weighted by Crippen LogP contribution is -2.70. The van der Waals surface area contributed by atoms with Gasteiger partial charge in [-0.1, -0.05) is 91.0 Å². The van der Waals surface area contributed by atoms with Gasteiger partial charge in [-0.3, -0.25) is 19.3 Å². The minimum absolute atomic E-state index is 0.190. The summed E-state index contributed by atoms with van der Waals surface area (Å²) in [7, 11) is 0. The number of amides is 2. The normalized spacial score (nSPS) is 19.0. The number of hydrogen-bond donors (Lipinski definition) is 1. The van der Waals surface area contributed by atoms with Crippen molar-refractivity contribution in [2.75, 3.05) is 5.75 Å². The molecule has 5 rings (SSSR count). The van der Waals surface area contributed by atoms with E-state index < -0.39 is 41.4 Å². The van der Waals surface area contributed by atoms with E-state index in [2.05, 4.69) is 5.32 Å². The van der Waals surface area contributed by atoms with Gasteiger partial charge in [-0.05, 0) is 23.6 Å². The first kappa shape index (κ1) is 26.2. The molecule has 39 heavy (non-hydrogen) atoms. The first-order valence-electron chi connectivity index (χ1n) is 12.4. The minimum Gasteiger partial charge on any atom is -0.449 e. The van der Waals surface area contributed by atoms with E-state index in [1.54, 1.807) is 37.3 Å². The third-order valence-corrected chi connectivity index (χ3v) is 8.04. The molecule has 2 heterocycles. The Balaban J connectivity index is 1.34. The van der Waals surface area contributed by atoms with Crippen molar-refractivity contribution in [2.24, 2.45) is 0 Å². The Labute approximate surface area is 230 Å². The SMILES string of the molecule is CC1=C(C(=O)OC(c2ccccc2)c2ccccc2)N2C(=O)[C@H](NC(=O)C(OC=O)c3ccccc3)[C@@H]2SC1. The van der Waals surface area contributed by atoms with Crippen LogP contribution in [0.1, 0.15) is 35.8 Å². The smallest absolute Gasteiger partial charge is 0.356 e. The zero-order valence-electron chi connectivity index (χ0n) is 21.1. The summed E-state index contributed by atoms with van der Waals surface area (Å²) in [5.74, 6) is -1.17. The molecule has 8 nitrogen and oxygen atoms in total. The van der Waals surface area contributed by atoms with Crippen LogP contribution in [0.5, 0.6) is 0 Å². The van der Waals surface area contributed by atoms with E-state index in [-0.39, 0.29) is 12.2 Å². The summed E-state index contributed by atoms with van der Waals surface area (Å²) in [5.41, 5.74) is 2.99. The number of nitrogens with one attached hydrogen (secondary N) is 1. The van der Waals surface area contributed by atoms with Gasteiger partial charge in [0.2, 0.25) is 6.10 Å². The average molecular weight is 543 g/mol. The van der Waals surface area contributed by atoms with Gasteiger partial charge in [0.1, 0.15) is 17.1 Å². The Hall–Kier alpha value is -4.37. The molecule has 2 aliphatic rings. The van der Waals surface area contributed by atoms with Gasteiger partial charge in [0.05, 0.1) is 0 Å². The van der Waals surface area contributed by atoms with Crippen LogP contribution >= 0.6 is 11.8 Å². The molecular weight excluding hydrogens is 516 g/mol. The number of thioether (sulfide) groups is 1. The van der Waals surface area contributed by atoms with Crippen LogP contribution in [-0.2, 0) is 28.7 Å². The van der Waals surface area contributed by atoms with Gasteiger partial charge in [0, 0.05) is 11.3 Å². The van der Waals surface area contributed by atoms with E-state index in [1.807, 2.05) is 60.7 Å². The standard InChI is InChI=1S/C30H26N2O6S/c1-19-17-39-29-23(31-27(34)26(37-18-33)22-15-9-4-10-16-22)28(35)32(29)24(19)30(36)38-25(20-11-5-2-6-12-20)21-13-7-3-8-14-21/h2-16,18,23,25-26,29H,17H2,1H3,(H,31,34)/t23-,26?,29-/m0/s1. The first-order valence-corrected chi connectivity index (χ1v) is 13.4. The van der Waals surface area contributed by atoms with E-state index in [0.29, 0.717) is 16.9 Å². The molecule has 198 valence electrons. The molecule has 1 N–H and O–H groups in total. The quantitative estimate of drug-likeness (QED) is 0.249. The van der Waals surface area contributed by atoms with Gasteiger partial charge in [0.25, 0.3) is 18.3 Å². The largest absolute Gasteiger partial charge is 0.449 e. The second-order valence-corrected chi connectivity index (χ2v) is 10.3. The summed E-state index contributed by atoms with van der Waals surface area (Å²) >= 11 is 1.44. The monoisotopic (exact) mass is 542 g/mol. The van der Waals surface area contributed by atoms with Crippen molar-refractivity contribution in [2.45, 2.75) is 30.5 Å². The Morgan fingerprint density at radius 2 is 1.46 bits per heavy atom. The van der Waals surface area contributed by atoms with E-state index in [1.165, 1.54) is 16.7 Å². The van der Waals surface area contributed by atoms with Gasteiger partial charge >= 0.3 is 5.97 Å². The summed E-state index contributed by atoms with van der Waals surface area (Å²) in [4.78, 5) is 52.3. The number of benzene rings is 3. The molecule has 1 fully saturated rings.